The van der Waals surface area contributed by atoms with Gasteiger partial charge < -0.3 is 5.73 Å². The van der Waals surface area contributed by atoms with E-state index in [9.17, 15) is 0 Å². The van der Waals surface area contributed by atoms with Gasteiger partial charge >= 0.3 is 0 Å². The molecule has 2 aliphatic rings. The fourth-order valence-electron chi connectivity index (χ4n) is 3.66. The van der Waals surface area contributed by atoms with Crippen LogP contribution in [-0.2, 0) is 0 Å². The molecule has 22 heavy (non-hydrogen) atoms. The standard InChI is InChI=1S/C20H20N2/c21-17-10-6-12-19-20(17)16(13-14-7-2-1-3-8-14)15-9-4-5-11-18(15)22-19/h1-5,7-9,11,13,17,20H,6,10,12,21H2. The summed E-state index contributed by atoms with van der Waals surface area (Å²) in [6, 6.07) is 19.1. The molecule has 2 heteroatoms. The fourth-order valence-corrected chi connectivity index (χ4v) is 3.66. The van der Waals surface area contributed by atoms with Gasteiger partial charge in [-0.15, -0.1) is 0 Å². The highest BCUT2D eigenvalue weighted by atomic mass is 14.8. The number of benzene rings is 2. The first-order valence-corrected chi connectivity index (χ1v) is 8.02. The Kier molecular flexibility index (Phi) is 3.39. The molecule has 1 heterocycles. The first-order valence-electron chi connectivity index (χ1n) is 8.02. The molecule has 1 saturated carbocycles. The highest BCUT2D eigenvalue weighted by Crippen LogP contribution is 2.43. The summed E-state index contributed by atoms with van der Waals surface area (Å²) in [5, 5.41) is 0. The van der Waals surface area contributed by atoms with E-state index in [4.69, 9.17) is 10.7 Å². The van der Waals surface area contributed by atoms with Gasteiger partial charge in [-0.2, -0.15) is 0 Å². The minimum absolute atomic E-state index is 0.177. The predicted octanol–water partition coefficient (Wildman–Crippen LogP) is 4.44. The Bertz CT molecular complexity index is 743. The van der Waals surface area contributed by atoms with Crippen LogP contribution in [0.1, 0.15) is 30.4 Å². The number of aliphatic imine (C=N–C) groups is 1. The van der Waals surface area contributed by atoms with Crippen molar-refractivity contribution < 1.29 is 0 Å². The SMILES string of the molecule is NC1CCCC2=Nc3ccccc3C(=Cc3ccccc3)C21. The van der Waals surface area contributed by atoms with Crippen molar-refractivity contribution in [2.24, 2.45) is 16.6 Å². The van der Waals surface area contributed by atoms with Crippen LogP contribution < -0.4 is 5.73 Å². The summed E-state index contributed by atoms with van der Waals surface area (Å²) in [7, 11) is 0. The van der Waals surface area contributed by atoms with Crippen molar-refractivity contribution in [3.63, 3.8) is 0 Å². The van der Waals surface area contributed by atoms with Gasteiger partial charge in [-0.05, 0) is 36.5 Å². The molecule has 0 spiro atoms. The van der Waals surface area contributed by atoms with Gasteiger partial charge in [0, 0.05) is 23.2 Å². The van der Waals surface area contributed by atoms with E-state index in [-0.39, 0.29) is 12.0 Å². The summed E-state index contributed by atoms with van der Waals surface area (Å²) >= 11 is 0. The number of nitrogens with two attached hydrogens (primary N) is 1. The van der Waals surface area contributed by atoms with E-state index in [2.05, 4.69) is 60.7 Å². The van der Waals surface area contributed by atoms with Crippen molar-refractivity contribution in [1.82, 2.24) is 0 Å². The van der Waals surface area contributed by atoms with Crippen molar-refractivity contribution in [2.75, 3.05) is 0 Å². The number of hydrogen-bond acceptors (Lipinski definition) is 2. The van der Waals surface area contributed by atoms with Crippen molar-refractivity contribution >= 4 is 23.0 Å². The number of hydrogen-bond donors (Lipinski definition) is 1. The molecule has 1 fully saturated rings. The number of nitrogens with zero attached hydrogens (tertiary/aromatic N) is 1. The molecule has 4 rings (SSSR count). The third-order valence-corrected chi connectivity index (χ3v) is 4.69. The second-order valence-corrected chi connectivity index (χ2v) is 6.16. The molecule has 2 aromatic rings. The summed E-state index contributed by atoms with van der Waals surface area (Å²) in [6.45, 7) is 0. The van der Waals surface area contributed by atoms with E-state index in [1.807, 2.05) is 0 Å². The second kappa shape index (κ2) is 5.54. The average molecular weight is 288 g/mol. The minimum Gasteiger partial charge on any atom is -0.327 e. The predicted molar refractivity (Wildman–Crippen MR) is 93.2 cm³/mol. The summed E-state index contributed by atoms with van der Waals surface area (Å²) in [5.74, 6) is 0.267. The molecule has 0 saturated heterocycles. The fraction of sp³-hybridized carbons (Fsp3) is 0.250. The molecule has 0 bridgehead atoms. The van der Waals surface area contributed by atoms with E-state index < -0.39 is 0 Å². The summed E-state index contributed by atoms with van der Waals surface area (Å²) in [6.07, 6.45) is 5.59. The minimum atomic E-state index is 0.177. The Morgan fingerprint density at radius 1 is 1.00 bits per heavy atom. The quantitative estimate of drug-likeness (QED) is 0.827. The third-order valence-electron chi connectivity index (χ3n) is 4.69. The molecule has 0 radical (unpaired) electrons. The summed E-state index contributed by atoms with van der Waals surface area (Å²) in [5.41, 5.74) is 12.6. The molecule has 0 amide bonds. The Labute approximate surface area is 131 Å². The molecule has 0 aromatic heterocycles. The molecule has 110 valence electrons. The topological polar surface area (TPSA) is 38.4 Å². The lowest BCUT2D eigenvalue weighted by Gasteiger charge is -2.36. The molecule has 2 atom stereocenters. The number of fused-ring (bicyclic) bond motifs is 2. The maximum absolute atomic E-state index is 6.47. The Morgan fingerprint density at radius 3 is 2.64 bits per heavy atom. The molecule has 2 N–H and O–H groups in total. The highest BCUT2D eigenvalue weighted by molar-refractivity contribution is 6.07. The first kappa shape index (κ1) is 13.5. The Balaban J connectivity index is 1.90. The normalized spacial score (nSPS) is 25.3. The van der Waals surface area contributed by atoms with Gasteiger partial charge in [-0.3, -0.25) is 4.99 Å². The zero-order valence-corrected chi connectivity index (χ0v) is 12.6. The molecule has 2 nitrogen and oxygen atoms in total. The van der Waals surface area contributed by atoms with Crippen LogP contribution in [0.3, 0.4) is 0 Å². The zero-order valence-electron chi connectivity index (χ0n) is 12.6. The molecule has 2 aromatic carbocycles. The molecular weight excluding hydrogens is 268 g/mol. The van der Waals surface area contributed by atoms with Gasteiger partial charge in [0.25, 0.3) is 0 Å². The number of rotatable bonds is 1. The van der Waals surface area contributed by atoms with Crippen LogP contribution in [0.15, 0.2) is 59.6 Å². The Morgan fingerprint density at radius 2 is 1.77 bits per heavy atom. The largest absolute Gasteiger partial charge is 0.327 e. The lowest BCUT2D eigenvalue weighted by Crippen LogP contribution is -2.40. The van der Waals surface area contributed by atoms with Crippen LogP contribution in [0.25, 0.3) is 11.6 Å². The van der Waals surface area contributed by atoms with Crippen LogP contribution in [-0.4, -0.2) is 11.8 Å². The van der Waals surface area contributed by atoms with Crippen molar-refractivity contribution in [3.8, 4) is 0 Å². The highest BCUT2D eigenvalue weighted by Gasteiger charge is 2.34. The third kappa shape index (κ3) is 2.30. The maximum atomic E-state index is 6.47. The summed E-state index contributed by atoms with van der Waals surface area (Å²) in [4.78, 5) is 4.91. The first-order chi connectivity index (χ1) is 10.8. The summed E-state index contributed by atoms with van der Waals surface area (Å²) < 4.78 is 0. The Hall–Kier alpha value is -2.19. The smallest absolute Gasteiger partial charge is 0.0704 e. The molecular formula is C20H20N2. The van der Waals surface area contributed by atoms with E-state index >= 15 is 0 Å². The second-order valence-electron chi connectivity index (χ2n) is 6.16. The molecule has 1 aliphatic carbocycles. The molecule has 2 unspecified atom stereocenters. The van der Waals surface area contributed by atoms with E-state index in [1.165, 1.54) is 22.4 Å². The van der Waals surface area contributed by atoms with E-state index in [0.717, 1.165) is 24.9 Å². The van der Waals surface area contributed by atoms with Gasteiger partial charge in [0.1, 0.15) is 0 Å². The van der Waals surface area contributed by atoms with Crippen LogP contribution >= 0.6 is 0 Å². The monoisotopic (exact) mass is 288 g/mol. The maximum Gasteiger partial charge on any atom is 0.0704 e. The van der Waals surface area contributed by atoms with Crippen LogP contribution in [0.4, 0.5) is 5.69 Å². The van der Waals surface area contributed by atoms with Gasteiger partial charge in [0.05, 0.1) is 5.69 Å². The van der Waals surface area contributed by atoms with E-state index in [1.54, 1.807) is 0 Å². The van der Waals surface area contributed by atoms with E-state index in [0.29, 0.717) is 0 Å². The van der Waals surface area contributed by atoms with Gasteiger partial charge in [-0.1, -0.05) is 54.6 Å². The average Bonchev–Trinajstić information content (AvgIpc) is 2.56. The lowest BCUT2D eigenvalue weighted by molar-refractivity contribution is 0.510. The van der Waals surface area contributed by atoms with Crippen LogP contribution in [0, 0.1) is 5.92 Å². The lowest BCUT2D eigenvalue weighted by atomic mass is 9.74. The van der Waals surface area contributed by atoms with Crippen LogP contribution in [0.5, 0.6) is 0 Å². The van der Waals surface area contributed by atoms with Crippen molar-refractivity contribution in [3.05, 3.63) is 65.7 Å². The number of para-hydroxylation sites is 1. The van der Waals surface area contributed by atoms with Crippen molar-refractivity contribution in [1.29, 1.82) is 0 Å². The van der Waals surface area contributed by atoms with Crippen LogP contribution in [0.2, 0.25) is 0 Å². The van der Waals surface area contributed by atoms with Gasteiger partial charge in [0.2, 0.25) is 0 Å². The molecule has 1 aliphatic heterocycles. The van der Waals surface area contributed by atoms with Gasteiger partial charge in [0.15, 0.2) is 0 Å². The van der Waals surface area contributed by atoms with Gasteiger partial charge in [-0.25, -0.2) is 0 Å². The zero-order chi connectivity index (χ0) is 14.9. The van der Waals surface area contributed by atoms with Crippen molar-refractivity contribution in [2.45, 2.75) is 25.3 Å².